The van der Waals surface area contributed by atoms with E-state index in [0.29, 0.717) is 10.7 Å². The SMILES string of the molecule is CC(C)(C)c1nc(SCC(=O)NCc2ccccc2F)n[nH]1. The Balaban J connectivity index is 1.81. The highest BCUT2D eigenvalue weighted by Gasteiger charge is 2.19. The Morgan fingerprint density at radius 2 is 2.09 bits per heavy atom. The number of halogens is 1. The molecule has 5 nitrogen and oxygen atoms in total. The number of nitrogens with one attached hydrogen (secondary N) is 2. The highest BCUT2D eigenvalue weighted by atomic mass is 32.2. The summed E-state index contributed by atoms with van der Waals surface area (Å²) in [7, 11) is 0. The van der Waals surface area contributed by atoms with Gasteiger partial charge in [-0.1, -0.05) is 50.7 Å². The highest BCUT2D eigenvalue weighted by Crippen LogP contribution is 2.20. The van der Waals surface area contributed by atoms with Gasteiger partial charge in [-0.25, -0.2) is 9.37 Å². The molecule has 1 heterocycles. The van der Waals surface area contributed by atoms with Gasteiger partial charge in [-0.15, -0.1) is 5.10 Å². The lowest BCUT2D eigenvalue weighted by Gasteiger charge is -2.12. The van der Waals surface area contributed by atoms with Crippen LogP contribution in [0.5, 0.6) is 0 Å². The number of nitrogens with zero attached hydrogens (tertiary/aromatic N) is 2. The van der Waals surface area contributed by atoms with Crippen molar-refractivity contribution in [3.05, 3.63) is 41.5 Å². The molecule has 1 aromatic carbocycles. The van der Waals surface area contributed by atoms with Gasteiger partial charge < -0.3 is 5.32 Å². The molecular formula is C15H19FN4OS. The van der Waals surface area contributed by atoms with Crippen LogP contribution < -0.4 is 5.32 Å². The van der Waals surface area contributed by atoms with Gasteiger partial charge in [0.05, 0.1) is 5.75 Å². The molecule has 2 N–H and O–H groups in total. The monoisotopic (exact) mass is 322 g/mol. The number of aromatic amines is 1. The Morgan fingerprint density at radius 1 is 1.36 bits per heavy atom. The van der Waals surface area contributed by atoms with E-state index in [1.807, 2.05) is 20.8 Å². The van der Waals surface area contributed by atoms with Gasteiger partial charge in [-0.05, 0) is 6.07 Å². The van der Waals surface area contributed by atoms with E-state index in [-0.39, 0.29) is 29.4 Å². The minimum absolute atomic E-state index is 0.112. The maximum absolute atomic E-state index is 13.4. The third kappa shape index (κ3) is 4.56. The molecule has 2 aromatic rings. The first-order valence-corrected chi connectivity index (χ1v) is 7.90. The first-order valence-electron chi connectivity index (χ1n) is 6.92. The van der Waals surface area contributed by atoms with Crippen LogP contribution in [0.4, 0.5) is 4.39 Å². The standard InChI is InChI=1S/C15H19FN4OS/c1-15(2,3)13-18-14(20-19-13)22-9-12(21)17-8-10-6-4-5-7-11(10)16/h4-7H,8-9H2,1-3H3,(H,17,21)(H,18,19,20). The van der Waals surface area contributed by atoms with Crippen LogP contribution in [0.15, 0.2) is 29.4 Å². The first-order chi connectivity index (χ1) is 10.4. The van der Waals surface area contributed by atoms with Crippen molar-refractivity contribution < 1.29 is 9.18 Å². The molecule has 0 aliphatic carbocycles. The Hall–Kier alpha value is -1.89. The number of amides is 1. The summed E-state index contributed by atoms with van der Waals surface area (Å²) in [5.41, 5.74) is 0.354. The quantitative estimate of drug-likeness (QED) is 0.830. The number of aromatic nitrogens is 3. The minimum atomic E-state index is -0.320. The van der Waals surface area contributed by atoms with Crippen LogP contribution >= 0.6 is 11.8 Å². The molecule has 0 aliphatic heterocycles. The maximum atomic E-state index is 13.4. The largest absolute Gasteiger partial charge is 0.351 e. The van der Waals surface area contributed by atoms with Crippen LogP contribution in [-0.4, -0.2) is 26.8 Å². The van der Waals surface area contributed by atoms with E-state index in [2.05, 4.69) is 20.5 Å². The molecule has 0 radical (unpaired) electrons. The fourth-order valence-electron chi connectivity index (χ4n) is 1.66. The Bertz CT molecular complexity index is 651. The lowest BCUT2D eigenvalue weighted by atomic mass is 9.96. The van der Waals surface area contributed by atoms with Gasteiger partial charge in [-0.3, -0.25) is 9.89 Å². The van der Waals surface area contributed by atoms with E-state index >= 15 is 0 Å². The lowest BCUT2D eigenvalue weighted by Crippen LogP contribution is -2.25. The first kappa shape index (κ1) is 16.5. The van der Waals surface area contributed by atoms with Crippen molar-refractivity contribution in [2.75, 3.05) is 5.75 Å². The lowest BCUT2D eigenvalue weighted by molar-refractivity contribution is -0.118. The molecular weight excluding hydrogens is 303 g/mol. The molecule has 22 heavy (non-hydrogen) atoms. The average molecular weight is 322 g/mol. The zero-order valence-electron chi connectivity index (χ0n) is 12.8. The number of hydrogen-bond acceptors (Lipinski definition) is 4. The van der Waals surface area contributed by atoms with E-state index in [4.69, 9.17) is 0 Å². The second-order valence-electron chi connectivity index (χ2n) is 5.87. The molecule has 0 spiro atoms. The number of thioether (sulfide) groups is 1. The van der Waals surface area contributed by atoms with Gasteiger partial charge >= 0.3 is 0 Å². The summed E-state index contributed by atoms with van der Waals surface area (Å²) >= 11 is 1.25. The molecule has 0 saturated carbocycles. The van der Waals surface area contributed by atoms with E-state index in [9.17, 15) is 9.18 Å². The zero-order valence-corrected chi connectivity index (χ0v) is 13.6. The van der Waals surface area contributed by atoms with E-state index < -0.39 is 0 Å². The highest BCUT2D eigenvalue weighted by molar-refractivity contribution is 7.99. The number of benzene rings is 1. The topological polar surface area (TPSA) is 70.7 Å². The van der Waals surface area contributed by atoms with E-state index in [0.717, 1.165) is 5.82 Å². The van der Waals surface area contributed by atoms with Crippen LogP contribution in [-0.2, 0) is 16.8 Å². The van der Waals surface area contributed by atoms with Crippen molar-refractivity contribution in [3.63, 3.8) is 0 Å². The number of rotatable bonds is 5. The second-order valence-corrected chi connectivity index (χ2v) is 6.82. The predicted octanol–water partition coefficient (Wildman–Crippen LogP) is 2.65. The van der Waals surface area contributed by atoms with Gasteiger partial charge in [0.25, 0.3) is 0 Å². The summed E-state index contributed by atoms with van der Waals surface area (Å²) in [6.45, 7) is 6.27. The molecule has 0 unspecified atom stereocenters. The van der Waals surface area contributed by atoms with Crippen molar-refractivity contribution in [2.24, 2.45) is 0 Å². The van der Waals surface area contributed by atoms with Crippen LogP contribution in [0.25, 0.3) is 0 Å². The predicted molar refractivity (Wildman–Crippen MR) is 84.1 cm³/mol. The van der Waals surface area contributed by atoms with Crippen LogP contribution in [0.3, 0.4) is 0 Å². The van der Waals surface area contributed by atoms with E-state index in [1.54, 1.807) is 18.2 Å². The zero-order chi connectivity index (χ0) is 16.2. The molecule has 0 fully saturated rings. The molecule has 0 aliphatic rings. The summed E-state index contributed by atoms with van der Waals surface area (Å²) in [5.74, 6) is 0.465. The van der Waals surface area contributed by atoms with Gasteiger partial charge in [0.15, 0.2) is 0 Å². The van der Waals surface area contributed by atoms with Gasteiger partial charge in [0.2, 0.25) is 11.1 Å². The normalized spacial score (nSPS) is 11.5. The van der Waals surface area contributed by atoms with Crippen molar-refractivity contribution >= 4 is 17.7 Å². The summed E-state index contributed by atoms with van der Waals surface area (Å²) in [4.78, 5) is 16.1. The summed E-state index contributed by atoms with van der Waals surface area (Å²) in [5, 5.41) is 10.2. The van der Waals surface area contributed by atoms with Gasteiger partial charge in [-0.2, -0.15) is 0 Å². The third-order valence-corrected chi connectivity index (χ3v) is 3.79. The van der Waals surface area contributed by atoms with Gasteiger partial charge in [0.1, 0.15) is 11.6 Å². The van der Waals surface area contributed by atoms with Crippen LogP contribution in [0, 0.1) is 5.82 Å². The molecule has 0 saturated heterocycles. The van der Waals surface area contributed by atoms with Crippen molar-refractivity contribution in [3.8, 4) is 0 Å². The Labute approximate surface area is 133 Å². The van der Waals surface area contributed by atoms with Crippen LogP contribution in [0.1, 0.15) is 32.2 Å². The molecule has 118 valence electrons. The van der Waals surface area contributed by atoms with Crippen LogP contribution in [0.2, 0.25) is 0 Å². The number of carbonyl (C=O) groups excluding carboxylic acids is 1. The van der Waals surface area contributed by atoms with E-state index in [1.165, 1.54) is 17.8 Å². The average Bonchev–Trinajstić information content (AvgIpc) is 2.93. The number of carbonyl (C=O) groups is 1. The molecule has 1 amide bonds. The molecule has 0 bridgehead atoms. The molecule has 0 atom stereocenters. The number of hydrogen-bond donors (Lipinski definition) is 2. The molecule has 1 aromatic heterocycles. The maximum Gasteiger partial charge on any atom is 0.230 e. The summed E-state index contributed by atoms with van der Waals surface area (Å²) < 4.78 is 13.4. The Morgan fingerprint density at radius 3 is 2.73 bits per heavy atom. The third-order valence-electron chi connectivity index (χ3n) is 2.94. The van der Waals surface area contributed by atoms with Crippen molar-refractivity contribution in [2.45, 2.75) is 37.9 Å². The second kappa shape index (κ2) is 6.91. The summed E-state index contributed by atoms with van der Waals surface area (Å²) in [6, 6.07) is 6.37. The molecule has 7 heteroatoms. The van der Waals surface area contributed by atoms with Crippen molar-refractivity contribution in [1.82, 2.24) is 20.5 Å². The minimum Gasteiger partial charge on any atom is -0.351 e. The van der Waals surface area contributed by atoms with Crippen molar-refractivity contribution in [1.29, 1.82) is 0 Å². The fourth-order valence-corrected chi connectivity index (χ4v) is 2.29. The number of H-pyrrole nitrogens is 1. The molecule has 2 rings (SSSR count). The smallest absolute Gasteiger partial charge is 0.230 e. The summed E-state index contributed by atoms with van der Waals surface area (Å²) in [6.07, 6.45) is 0. The Kier molecular flexibility index (Phi) is 5.18. The fraction of sp³-hybridized carbons (Fsp3) is 0.400. The van der Waals surface area contributed by atoms with Gasteiger partial charge in [0, 0.05) is 17.5 Å².